The molecule has 0 radical (unpaired) electrons. The Labute approximate surface area is 387 Å². The normalized spacial score (nSPS) is 13.0. The van der Waals surface area contributed by atoms with Crippen molar-refractivity contribution in [1.82, 2.24) is 4.57 Å². The maximum Gasteiger partial charge on any atom is 0.143 e. The van der Waals surface area contributed by atoms with Crippen molar-refractivity contribution in [3.8, 4) is 50.2 Å². The highest BCUT2D eigenvalue weighted by Gasteiger charge is 2.22. The van der Waals surface area contributed by atoms with Crippen molar-refractivity contribution < 1.29 is 11.3 Å². The van der Waals surface area contributed by atoms with Gasteiger partial charge in [-0.1, -0.05) is 200 Å². The van der Waals surface area contributed by atoms with E-state index in [4.69, 9.17) is 11.3 Å². The summed E-state index contributed by atoms with van der Waals surface area (Å²) in [5, 5.41) is 12.5. The molecule has 0 saturated heterocycles. The van der Waals surface area contributed by atoms with Crippen molar-refractivity contribution in [3.63, 3.8) is 0 Å². The van der Waals surface area contributed by atoms with Gasteiger partial charge in [-0.2, -0.15) is 0 Å². The van der Waals surface area contributed by atoms with Crippen molar-refractivity contribution >= 4 is 86.8 Å². The number of furan rings is 1. The Morgan fingerprint density at radius 1 is 0.318 bits per heavy atom. The van der Waals surface area contributed by atoms with Gasteiger partial charge in [0, 0.05) is 38.4 Å². The number of hydrogen-bond acceptors (Lipinski definition) is 1. The number of fused-ring (bicyclic) bond motifs is 10. The molecule has 0 N–H and O–H groups in total. The molecule has 0 saturated carbocycles. The van der Waals surface area contributed by atoms with Crippen molar-refractivity contribution in [1.29, 1.82) is 0 Å². The van der Waals surface area contributed by atoms with E-state index >= 15 is 0 Å². The predicted molar refractivity (Wildman–Crippen MR) is 280 cm³/mol. The van der Waals surface area contributed by atoms with Crippen molar-refractivity contribution in [3.05, 3.63) is 236 Å². The molecule has 0 spiro atoms. The van der Waals surface area contributed by atoms with Crippen LogP contribution in [-0.4, -0.2) is 4.57 Å². The molecule has 0 aliphatic heterocycles. The number of benzene rings is 12. The molecule has 2 heterocycles. The summed E-state index contributed by atoms with van der Waals surface area (Å²) in [4.78, 5) is 0. The lowest BCUT2D eigenvalue weighted by molar-refractivity contribution is 0.670. The maximum atomic E-state index is 9.01. The van der Waals surface area contributed by atoms with E-state index in [9.17, 15) is 0 Å². The molecule has 14 aromatic rings. The Morgan fingerprint density at radius 2 is 0.742 bits per heavy atom. The Balaban J connectivity index is 0.944. The molecule has 14 rings (SSSR count). The Kier molecular flexibility index (Phi) is 6.99. The minimum atomic E-state index is -0.412. The SMILES string of the molecule is [2H]c1c([2H])c([2H])c(-c2c3ccccc3c(-c3cccc4c3oc3cc(-c5c6ccccc6c(-c6ccc(-n7c8ccccc8c8ccccc87)cc6)c6ccccc56)ccc34)c3ccccc23)c([2H])c1[2H]. The first-order valence-corrected chi connectivity index (χ1v) is 22.3. The largest absolute Gasteiger partial charge is 0.455 e. The van der Waals surface area contributed by atoms with E-state index in [1.54, 1.807) is 0 Å². The van der Waals surface area contributed by atoms with Crippen LogP contribution in [0.1, 0.15) is 6.85 Å². The zero-order valence-electron chi connectivity index (χ0n) is 40.5. The van der Waals surface area contributed by atoms with E-state index in [1.165, 1.54) is 38.1 Å². The lowest BCUT2D eigenvalue weighted by Gasteiger charge is -2.18. The molecule has 12 aromatic carbocycles. The second-order valence-electron chi connectivity index (χ2n) is 17.1. The number of hydrogen-bond donors (Lipinski definition) is 0. The minimum Gasteiger partial charge on any atom is -0.455 e. The van der Waals surface area contributed by atoms with Crippen LogP contribution in [0.3, 0.4) is 0 Å². The molecule has 306 valence electrons. The van der Waals surface area contributed by atoms with Crippen molar-refractivity contribution in [2.24, 2.45) is 0 Å². The smallest absolute Gasteiger partial charge is 0.143 e. The molecule has 0 amide bonds. The minimum absolute atomic E-state index is 0.186. The molecule has 0 atom stereocenters. The van der Waals surface area contributed by atoms with E-state index in [-0.39, 0.29) is 29.7 Å². The van der Waals surface area contributed by atoms with Crippen LogP contribution in [0.2, 0.25) is 0 Å². The van der Waals surface area contributed by atoms with Crippen LogP contribution in [-0.2, 0) is 0 Å². The summed E-state index contributed by atoms with van der Waals surface area (Å²) in [7, 11) is 0. The third-order valence-electron chi connectivity index (χ3n) is 13.7. The number of aromatic nitrogens is 1. The molecular weight excluding hydrogens is 799 g/mol. The van der Waals surface area contributed by atoms with Crippen LogP contribution in [0.25, 0.3) is 137 Å². The van der Waals surface area contributed by atoms with E-state index < -0.39 is 6.04 Å². The number of rotatable bonds is 5. The molecule has 0 fully saturated rings. The van der Waals surface area contributed by atoms with Gasteiger partial charge in [0.05, 0.1) is 17.9 Å². The Hall–Kier alpha value is -8.72. The third-order valence-corrected chi connectivity index (χ3v) is 13.7. The zero-order valence-corrected chi connectivity index (χ0v) is 35.5. The fourth-order valence-electron chi connectivity index (χ4n) is 10.9. The summed E-state index contributed by atoms with van der Waals surface area (Å²) in [6.45, 7) is 0. The highest BCUT2D eigenvalue weighted by Crippen LogP contribution is 2.48. The molecule has 0 aliphatic carbocycles. The van der Waals surface area contributed by atoms with Crippen LogP contribution in [0.4, 0.5) is 0 Å². The molecular formula is C64H39NO. The first-order chi connectivity index (χ1) is 34.9. The standard InChI is InChI=1S/C64H39NO/c1-2-17-40(18-3-1)60-51-25-8-10-27-53(51)63(54-28-11-9-26-52(54)60)56-30-16-29-55-46-38-35-42(39-59(46)66-64(55)56)62-49-23-6-4-21-47(49)61(48-22-5-7-24-50(48)62)41-33-36-43(37-34-41)65-57-31-14-12-19-44(57)45-20-13-15-32-58(45)65/h1-39H/i1D,2D,3D,17D,18D. The Bertz CT molecular complexity index is 4390. The van der Waals surface area contributed by atoms with E-state index in [1.807, 2.05) is 36.4 Å². The van der Waals surface area contributed by atoms with Crippen LogP contribution in [0.5, 0.6) is 0 Å². The van der Waals surface area contributed by atoms with Gasteiger partial charge in [-0.3, -0.25) is 0 Å². The quantitative estimate of drug-likeness (QED) is 0.158. The molecule has 0 unspecified atom stereocenters. The van der Waals surface area contributed by atoms with Crippen molar-refractivity contribution in [2.45, 2.75) is 0 Å². The first-order valence-electron chi connectivity index (χ1n) is 24.8. The second kappa shape index (κ2) is 14.4. The zero-order chi connectivity index (χ0) is 47.6. The maximum absolute atomic E-state index is 9.01. The monoisotopic (exact) mass is 842 g/mol. The molecule has 2 aromatic heterocycles. The third kappa shape index (κ3) is 5.36. The first kappa shape index (κ1) is 32.0. The fraction of sp³-hybridized carbons (Fsp3) is 0. The van der Waals surface area contributed by atoms with E-state index in [0.29, 0.717) is 5.56 Å². The van der Waals surface area contributed by atoms with Gasteiger partial charge < -0.3 is 8.98 Å². The van der Waals surface area contributed by atoms with Crippen molar-refractivity contribution in [2.75, 3.05) is 0 Å². The average Bonchev–Trinajstić information content (AvgIpc) is 3.97. The number of nitrogens with zero attached hydrogens (tertiary/aromatic N) is 1. The second-order valence-corrected chi connectivity index (χ2v) is 17.1. The van der Waals surface area contributed by atoms with Gasteiger partial charge in [-0.25, -0.2) is 0 Å². The van der Waals surface area contributed by atoms with Crippen LogP contribution >= 0.6 is 0 Å². The van der Waals surface area contributed by atoms with Gasteiger partial charge in [0.2, 0.25) is 0 Å². The van der Waals surface area contributed by atoms with Gasteiger partial charge in [0.25, 0.3) is 0 Å². The molecule has 0 bridgehead atoms. The van der Waals surface area contributed by atoms with Gasteiger partial charge in [0.1, 0.15) is 11.2 Å². The highest BCUT2D eigenvalue weighted by atomic mass is 16.3. The lowest BCUT2D eigenvalue weighted by Crippen LogP contribution is -1.94. The van der Waals surface area contributed by atoms with Gasteiger partial charge in [-0.05, 0) is 113 Å². The highest BCUT2D eigenvalue weighted by molar-refractivity contribution is 6.25. The molecule has 66 heavy (non-hydrogen) atoms. The van der Waals surface area contributed by atoms with Crippen LogP contribution in [0.15, 0.2) is 241 Å². The molecule has 2 heteroatoms. The molecule has 2 nitrogen and oxygen atoms in total. The summed E-state index contributed by atoms with van der Waals surface area (Å²) < 4.78 is 52.9. The van der Waals surface area contributed by atoms with E-state index in [2.05, 4.69) is 174 Å². The fourth-order valence-corrected chi connectivity index (χ4v) is 10.9. The summed E-state index contributed by atoms with van der Waals surface area (Å²) >= 11 is 0. The van der Waals surface area contributed by atoms with E-state index in [0.717, 1.165) is 87.8 Å². The number of para-hydroxylation sites is 3. The summed E-state index contributed by atoms with van der Waals surface area (Å²) in [6.07, 6.45) is 0. The topological polar surface area (TPSA) is 18.1 Å². The van der Waals surface area contributed by atoms with Crippen LogP contribution < -0.4 is 0 Å². The summed E-state index contributed by atoms with van der Waals surface area (Å²) in [5.41, 5.74) is 12.2. The lowest BCUT2D eigenvalue weighted by atomic mass is 9.85. The van der Waals surface area contributed by atoms with Gasteiger partial charge in [-0.15, -0.1) is 0 Å². The molecule has 0 aliphatic rings. The summed E-state index contributed by atoms with van der Waals surface area (Å²) in [5.74, 6) is 0. The Morgan fingerprint density at radius 3 is 1.27 bits per heavy atom. The predicted octanol–water partition coefficient (Wildman–Crippen LogP) is 18.0. The summed E-state index contributed by atoms with van der Waals surface area (Å²) in [6, 6.07) is 70.9. The van der Waals surface area contributed by atoms with Gasteiger partial charge >= 0.3 is 0 Å². The average molecular weight is 843 g/mol. The van der Waals surface area contributed by atoms with Gasteiger partial charge in [0.15, 0.2) is 0 Å². The van der Waals surface area contributed by atoms with Crippen LogP contribution in [0, 0.1) is 0 Å².